The Labute approximate surface area is 107 Å². The summed E-state index contributed by atoms with van der Waals surface area (Å²) >= 11 is 0. The molecular formula is C15H15N3. The minimum absolute atomic E-state index is 0.718. The first kappa shape index (κ1) is 11.0. The van der Waals surface area contributed by atoms with E-state index in [1.807, 2.05) is 16.8 Å². The zero-order chi connectivity index (χ0) is 12.5. The molecule has 0 unspecified atom stereocenters. The van der Waals surface area contributed by atoms with Gasteiger partial charge in [0.1, 0.15) is 11.8 Å². The van der Waals surface area contributed by atoms with Crippen molar-refractivity contribution in [1.29, 1.82) is 5.26 Å². The van der Waals surface area contributed by atoms with E-state index in [1.54, 1.807) is 0 Å². The summed E-state index contributed by atoms with van der Waals surface area (Å²) in [4.78, 5) is 0. The van der Waals surface area contributed by atoms with Gasteiger partial charge in [-0.2, -0.15) is 10.4 Å². The lowest BCUT2D eigenvalue weighted by Crippen LogP contribution is -2.01. The lowest BCUT2D eigenvalue weighted by atomic mass is 9.96. The van der Waals surface area contributed by atoms with E-state index in [1.165, 1.54) is 18.4 Å². The molecule has 1 aliphatic carbocycles. The average molecular weight is 237 g/mol. The molecule has 0 amide bonds. The third kappa shape index (κ3) is 1.70. The quantitative estimate of drug-likeness (QED) is 0.765. The van der Waals surface area contributed by atoms with Gasteiger partial charge >= 0.3 is 0 Å². The van der Waals surface area contributed by atoms with Crippen molar-refractivity contribution in [1.82, 2.24) is 9.78 Å². The monoisotopic (exact) mass is 237 g/mol. The average Bonchev–Trinajstić information content (AvgIpc) is 2.77. The molecule has 0 radical (unpaired) electrons. The Morgan fingerprint density at radius 1 is 1.28 bits per heavy atom. The second-order valence-electron chi connectivity index (χ2n) is 4.84. The minimum atomic E-state index is 0.718. The molecule has 90 valence electrons. The Morgan fingerprint density at radius 2 is 2.11 bits per heavy atom. The number of fused-ring (bicyclic) bond motifs is 1. The van der Waals surface area contributed by atoms with Crippen LogP contribution in [0, 0.1) is 18.3 Å². The van der Waals surface area contributed by atoms with Crippen molar-refractivity contribution in [3.05, 3.63) is 46.8 Å². The molecule has 3 rings (SSSR count). The number of rotatable bonds is 1. The van der Waals surface area contributed by atoms with Crippen molar-refractivity contribution in [3.8, 4) is 11.8 Å². The maximum absolute atomic E-state index is 9.38. The highest BCUT2D eigenvalue weighted by Gasteiger charge is 2.21. The number of benzene rings is 1. The first-order chi connectivity index (χ1) is 8.79. The van der Waals surface area contributed by atoms with Crippen LogP contribution in [0.2, 0.25) is 0 Å². The van der Waals surface area contributed by atoms with E-state index >= 15 is 0 Å². The zero-order valence-corrected chi connectivity index (χ0v) is 10.5. The molecule has 1 aromatic carbocycles. The van der Waals surface area contributed by atoms with Gasteiger partial charge in [0.2, 0.25) is 0 Å². The predicted molar refractivity (Wildman–Crippen MR) is 69.7 cm³/mol. The van der Waals surface area contributed by atoms with Crippen LogP contribution >= 0.6 is 0 Å². The van der Waals surface area contributed by atoms with Gasteiger partial charge < -0.3 is 0 Å². The molecule has 18 heavy (non-hydrogen) atoms. The van der Waals surface area contributed by atoms with Gasteiger partial charge in [-0.3, -0.25) is 0 Å². The van der Waals surface area contributed by atoms with Crippen molar-refractivity contribution in [2.75, 3.05) is 0 Å². The summed E-state index contributed by atoms with van der Waals surface area (Å²) in [7, 11) is 0. The lowest BCUT2D eigenvalue weighted by molar-refractivity contribution is 0.671. The highest BCUT2D eigenvalue weighted by Crippen LogP contribution is 2.25. The Hall–Kier alpha value is -2.08. The highest BCUT2D eigenvalue weighted by atomic mass is 15.3. The number of nitrogens with zero attached hydrogens (tertiary/aromatic N) is 3. The van der Waals surface area contributed by atoms with Crippen LogP contribution in [0.3, 0.4) is 0 Å². The molecule has 0 bridgehead atoms. The van der Waals surface area contributed by atoms with E-state index in [-0.39, 0.29) is 0 Å². The Bertz CT molecular complexity index is 632. The first-order valence-electron chi connectivity index (χ1n) is 6.37. The van der Waals surface area contributed by atoms with Gasteiger partial charge in [-0.05, 0) is 50.3 Å². The van der Waals surface area contributed by atoms with Crippen LogP contribution in [0.15, 0.2) is 24.3 Å². The van der Waals surface area contributed by atoms with Gasteiger partial charge in [0.25, 0.3) is 0 Å². The minimum Gasteiger partial charge on any atom is -0.222 e. The van der Waals surface area contributed by atoms with Crippen molar-refractivity contribution in [2.24, 2.45) is 0 Å². The molecule has 1 aliphatic rings. The second-order valence-corrected chi connectivity index (χ2v) is 4.84. The number of aromatic nitrogens is 2. The molecule has 0 saturated carbocycles. The molecule has 0 N–H and O–H groups in total. The van der Waals surface area contributed by atoms with Gasteiger partial charge in [-0.15, -0.1) is 0 Å². The molecule has 0 saturated heterocycles. The van der Waals surface area contributed by atoms with Crippen LogP contribution in [-0.2, 0) is 12.8 Å². The normalized spacial score (nSPS) is 14.0. The molecule has 2 aromatic rings. The fraction of sp³-hybridized carbons (Fsp3) is 0.333. The topological polar surface area (TPSA) is 41.6 Å². The van der Waals surface area contributed by atoms with Crippen LogP contribution in [0.5, 0.6) is 0 Å². The summed E-state index contributed by atoms with van der Waals surface area (Å²) in [6.07, 6.45) is 4.34. The summed E-state index contributed by atoms with van der Waals surface area (Å²) in [5, 5.41) is 14.0. The molecule has 0 aliphatic heterocycles. The Kier molecular flexibility index (Phi) is 2.64. The van der Waals surface area contributed by atoms with E-state index in [0.29, 0.717) is 0 Å². The highest BCUT2D eigenvalue weighted by molar-refractivity contribution is 5.45. The van der Waals surface area contributed by atoms with E-state index in [9.17, 15) is 5.26 Å². The summed E-state index contributed by atoms with van der Waals surface area (Å²) in [5.74, 6) is 0. The fourth-order valence-corrected chi connectivity index (χ4v) is 2.61. The summed E-state index contributed by atoms with van der Waals surface area (Å²) in [6, 6.07) is 10.5. The van der Waals surface area contributed by atoms with E-state index in [2.05, 4.69) is 30.2 Å². The van der Waals surface area contributed by atoms with Crippen molar-refractivity contribution >= 4 is 0 Å². The fourth-order valence-electron chi connectivity index (χ4n) is 2.61. The van der Waals surface area contributed by atoms with Crippen LogP contribution in [0.4, 0.5) is 0 Å². The molecule has 3 nitrogen and oxygen atoms in total. The lowest BCUT2D eigenvalue weighted by Gasteiger charge is -2.07. The van der Waals surface area contributed by atoms with Crippen molar-refractivity contribution < 1.29 is 0 Å². The summed E-state index contributed by atoms with van der Waals surface area (Å²) < 4.78 is 1.81. The summed E-state index contributed by atoms with van der Waals surface area (Å²) in [5.41, 5.74) is 5.16. The largest absolute Gasteiger partial charge is 0.222 e. The number of hydrogen-bond donors (Lipinski definition) is 0. The zero-order valence-electron chi connectivity index (χ0n) is 10.5. The Morgan fingerprint density at radius 3 is 2.89 bits per heavy atom. The second kappa shape index (κ2) is 4.30. The van der Waals surface area contributed by atoms with Gasteiger partial charge in [0.05, 0.1) is 11.4 Å². The van der Waals surface area contributed by atoms with E-state index < -0.39 is 0 Å². The molecule has 3 heteroatoms. The maximum atomic E-state index is 9.38. The number of nitriles is 1. The third-order valence-electron chi connectivity index (χ3n) is 3.51. The molecule has 1 aromatic heterocycles. The first-order valence-corrected chi connectivity index (χ1v) is 6.37. The van der Waals surface area contributed by atoms with E-state index in [0.717, 1.165) is 35.5 Å². The third-order valence-corrected chi connectivity index (χ3v) is 3.51. The number of hydrogen-bond acceptors (Lipinski definition) is 2. The molecule has 0 fully saturated rings. The Balaban J connectivity index is 2.18. The van der Waals surface area contributed by atoms with Gasteiger partial charge in [-0.1, -0.05) is 12.1 Å². The molecular weight excluding hydrogens is 222 g/mol. The standard InChI is InChI=1S/C15H15N3/c1-11-5-4-6-12(9-11)18-15(10-16)13-7-2-3-8-14(13)17-18/h4-6,9H,2-3,7-8H2,1H3. The van der Waals surface area contributed by atoms with Gasteiger partial charge in [0, 0.05) is 5.56 Å². The predicted octanol–water partition coefficient (Wildman–Crippen LogP) is 2.93. The van der Waals surface area contributed by atoms with Crippen LogP contribution in [-0.4, -0.2) is 9.78 Å². The van der Waals surface area contributed by atoms with Gasteiger partial charge in [-0.25, -0.2) is 4.68 Å². The summed E-state index contributed by atoms with van der Waals surface area (Å²) in [6.45, 7) is 2.05. The molecule has 1 heterocycles. The number of aryl methyl sites for hydroxylation is 2. The molecule has 0 atom stereocenters. The smallest absolute Gasteiger partial charge is 0.147 e. The van der Waals surface area contributed by atoms with Crippen LogP contribution < -0.4 is 0 Å². The van der Waals surface area contributed by atoms with Crippen LogP contribution in [0.1, 0.15) is 35.4 Å². The van der Waals surface area contributed by atoms with Crippen molar-refractivity contribution in [2.45, 2.75) is 32.6 Å². The maximum Gasteiger partial charge on any atom is 0.147 e. The van der Waals surface area contributed by atoms with Crippen LogP contribution in [0.25, 0.3) is 5.69 Å². The van der Waals surface area contributed by atoms with Crippen molar-refractivity contribution in [3.63, 3.8) is 0 Å². The van der Waals surface area contributed by atoms with E-state index in [4.69, 9.17) is 0 Å². The van der Waals surface area contributed by atoms with Gasteiger partial charge in [0.15, 0.2) is 0 Å². The SMILES string of the molecule is Cc1cccc(-n2nc3c(c2C#N)CCCC3)c1. The molecule has 0 spiro atoms.